The molecule has 0 fully saturated rings. The zero-order valence-electron chi connectivity index (χ0n) is 13.8. The van der Waals surface area contributed by atoms with Crippen LogP contribution >= 0.6 is 0 Å². The molecule has 1 rings (SSSR count). The molecule has 1 aromatic rings. The second kappa shape index (κ2) is 7.56. The first-order chi connectivity index (χ1) is 10.2. The van der Waals surface area contributed by atoms with E-state index in [0.717, 1.165) is 12.0 Å². The van der Waals surface area contributed by atoms with Crippen molar-refractivity contribution < 1.29 is 13.2 Å². The van der Waals surface area contributed by atoms with Crippen LogP contribution in [-0.4, -0.2) is 32.7 Å². The molecule has 5 nitrogen and oxygen atoms in total. The van der Waals surface area contributed by atoms with Gasteiger partial charge in [0.05, 0.1) is 10.9 Å². The molecule has 0 aliphatic carbocycles. The Labute approximate surface area is 133 Å². The van der Waals surface area contributed by atoms with Crippen LogP contribution in [0.5, 0.6) is 0 Å². The molecular formula is C16H24N2O3S. The molecular weight excluding hydrogens is 300 g/mol. The van der Waals surface area contributed by atoms with Gasteiger partial charge in [0.1, 0.15) is 0 Å². The molecule has 0 unspecified atom stereocenters. The first-order valence-corrected chi connectivity index (χ1v) is 8.64. The van der Waals surface area contributed by atoms with E-state index in [4.69, 9.17) is 0 Å². The summed E-state index contributed by atoms with van der Waals surface area (Å²) in [6.45, 7) is 5.62. The molecule has 22 heavy (non-hydrogen) atoms. The summed E-state index contributed by atoms with van der Waals surface area (Å²) in [6.07, 6.45) is 2.68. The van der Waals surface area contributed by atoms with E-state index in [9.17, 15) is 13.2 Å². The van der Waals surface area contributed by atoms with Crippen molar-refractivity contribution in [2.75, 3.05) is 14.1 Å². The molecule has 0 aliphatic rings. The van der Waals surface area contributed by atoms with Crippen LogP contribution in [0.25, 0.3) is 0 Å². The predicted octanol–water partition coefficient (Wildman–Crippen LogP) is 2.47. The summed E-state index contributed by atoms with van der Waals surface area (Å²) in [5.41, 5.74) is 1.54. The second-order valence-corrected chi connectivity index (χ2v) is 7.50. The number of nitrogens with one attached hydrogen (secondary N) is 1. The van der Waals surface area contributed by atoms with E-state index < -0.39 is 10.0 Å². The van der Waals surface area contributed by atoms with Gasteiger partial charge in [-0.15, -0.1) is 0 Å². The quantitative estimate of drug-likeness (QED) is 0.818. The van der Waals surface area contributed by atoms with Crippen LogP contribution in [0.3, 0.4) is 0 Å². The highest BCUT2D eigenvalue weighted by molar-refractivity contribution is 7.89. The molecule has 6 heteroatoms. The fraction of sp³-hybridized carbons (Fsp3) is 0.438. The number of nitrogens with zero attached hydrogens (tertiary/aromatic N) is 1. The summed E-state index contributed by atoms with van der Waals surface area (Å²) < 4.78 is 25.2. The van der Waals surface area contributed by atoms with Crippen LogP contribution in [0.2, 0.25) is 0 Å². The summed E-state index contributed by atoms with van der Waals surface area (Å²) in [5, 5.41) is 2.89. The molecule has 1 aromatic carbocycles. The molecule has 0 heterocycles. The fourth-order valence-electron chi connectivity index (χ4n) is 1.93. The van der Waals surface area contributed by atoms with Crippen LogP contribution < -0.4 is 5.32 Å². The Kier molecular flexibility index (Phi) is 6.32. The van der Waals surface area contributed by atoms with E-state index in [1.807, 2.05) is 19.9 Å². The SMILES string of the molecule is CC/C=C(\C)C(=O)N[C@@H](C)c1ccc(S(=O)(=O)N(C)C)cc1. The normalized spacial score (nSPS) is 14.0. The van der Waals surface area contributed by atoms with E-state index in [-0.39, 0.29) is 16.8 Å². The minimum absolute atomic E-state index is 0.112. The van der Waals surface area contributed by atoms with Crippen molar-refractivity contribution >= 4 is 15.9 Å². The Morgan fingerprint density at radius 1 is 1.27 bits per heavy atom. The molecule has 0 bridgehead atoms. The maximum absolute atomic E-state index is 12.0. The lowest BCUT2D eigenvalue weighted by atomic mass is 10.1. The molecule has 122 valence electrons. The molecule has 0 saturated carbocycles. The fourth-order valence-corrected chi connectivity index (χ4v) is 2.83. The number of rotatable bonds is 6. The summed E-state index contributed by atoms with van der Waals surface area (Å²) in [7, 11) is -0.436. The Bertz CT molecular complexity index is 646. The van der Waals surface area contributed by atoms with Crippen LogP contribution in [0, 0.1) is 0 Å². The standard InChI is InChI=1S/C16H24N2O3S/c1-6-7-12(2)16(19)17-13(3)14-8-10-15(11-9-14)22(20,21)18(4)5/h7-11,13H,6H2,1-5H3,(H,17,19)/b12-7+/t13-/m0/s1. The zero-order valence-corrected chi connectivity index (χ0v) is 14.6. The third-order valence-electron chi connectivity index (χ3n) is 3.37. The summed E-state index contributed by atoms with van der Waals surface area (Å²) in [6, 6.07) is 6.37. The average Bonchev–Trinajstić information content (AvgIpc) is 2.47. The van der Waals surface area contributed by atoms with Crippen LogP contribution in [0.15, 0.2) is 40.8 Å². The minimum atomic E-state index is -3.43. The Hall–Kier alpha value is -1.66. The van der Waals surface area contributed by atoms with Crippen molar-refractivity contribution in [2.24, 2.45) is 0 Å². The van der Waals surface area contributed by atoms with E-state index in [1.54, 1.807) is 31.2 Å². The van der Waals surface area contributed by atoms with E-state index >= 15 is 0 Å². The topological polar surface area (TPSA) is 66.5 Å². The Morgan fingerprint density at radius 2 is 1.82 bits per heavy atom. The highest BCUT2D eigenvalue weighted by Crippen LogP contribution is 2.18. The van der Waals surface area contributed by atoms with E-state index in [2.05, 4.69) is 5.32 Å². The highest BCUT2D eigenvalue weighted by Gasteiger charge is 2.17. The maximum atomic E-state index is 12.0. The third kappa shape index (κ3) is 4.42. The molecule has 1 N–H and O–H groups in total. The molecule has 1 amide bonds. The van der Waals surface area contributed by atoms with Crippen molar-refractivity contribution in [3.8, 4) is 0 Å². The second-order valence-electron chi connectivity index (χ2n) is 5.35. The van der Waals surface area contributed by atoms with Gasteiger partial charge >= 0.3 is 0 Å². The van der Waals surface area contributed by atoms with E-state index in [0.29, 0.717) is 5.57 Å². The van der Waals surface area contributed by atoms with Gasteiger partial charge in [-0.05, 0) is 38.0 Å². The van der Waals surface area contributed by atoms with Crippen molar-refractivity contribution in [3.05, 3.63) is 41.5 Å². The molecule has 0 saturated heterocycles. The summed E-state index contributed by atoms with van der Waals surface area (Å²) >= 11 is 0. The number of hydrogen-bond donors (Lipinski definition) is 1. The van der Waals surface area contributed by atoms with Crippen molar-refractivity contribution in [1.29, 1.82) is 0 Å². The van der Waals surface area contributed by atoms with Crippen molar-refractivity contribution in [1.82, 2.24) is 9.62 Å². The predicted molar refractivity (Wildman–Crippen MR) is 87.9 cm³/mol. The first kappa shape index (κ1) is 18.4. The van der Waals surface area contributed by atoms with Gasteiger partial charge in [-0.3, -0.25) is 4.79 Å². The summed E-state index contributed by atoms with van der Waals surface area (Å²) in [5.74, 6) is -0.112. The number of allylic oxidation sites excluding steroid dienone is 1. The van der Waals surface area contributed by atoms with Crippen LogP contribution in [0.4, 0.5) is 0 Å². The van der Waals surface area contributed by atoms with Gasteiger partial charge in [0.2, 0.25) is 15.9 Å². The Balaban J connectivity index is 2.87. The molecule has 0 spiro atoms. The minimum Gasteiger partial charge on any atom is -0.346 e. The number of hydrogen-bond acceptors (Lipinski definition) is 3. The van der Waals surface area contributed by atoms with Gasteiger partial charge in [-0.25, -0.2) is 12.7 Å². The van der Waals surface area contributed by atoms with Crippen molar-refractivity contribution in [3.63, 3.8) is 0 Å². The molecule has 0 radical (unpaired) electrons. The number of sulfonamides is 1. The largest absolute Gasteiger partial charge is 0.346 e. The van der Waals surface area contributed by atoms with E-state index in [1.165, 1.54) is 18.4 Å². The van der Waals surface area contributed by atoms with Gasteiger partial charge in [0, 0.05) is 19.7 Å². The lowest BCUT2D eigenvalue weighted by Gasteiger charge is -2.16. The van der Waals surface area contributed by atoms with Crippen LogP contribution in [0.1, 0.15) is 38.8 Å². The zero-order chi connectivity index (χ0) is 16.9. The summed E-state index contributed by atoms with van der Waals surface area (Å²) in [4.78, 5) is 12.2. The van der Waals surface area contributed by atoms with Gasteiger partial charge in [-0.1, -0.05) is 25.1 Å². The number of benzene rings is 1. The average molecular weight is 324 g/mol. The smallest absolute Gasteiger partial charge is 0.247 e. The highest BCUT2D eigenvalue weighted by atomic mass is 32.2. The van der Waals surface area contributed by atoms with Gasteiger partial charge in [0.25, 0.3) is 0 Å². The number of amides is 1. The molecule has 0 aromatic heterocycles. The Morgan fingerprint density at radius 3 is 2.27 bits per heavy atom. The van der Waals surface area contributed by atoms with Crippen LogP contribution in [-0.2, 0) is 14.8 Å². The van der Waals surface area contributed by atoms with Gasteiger partial charge < -0.3 is 5.32 Å². The molecule has 1 atom stereocenters. The molecule has 0 aliphatic heterocycles. The lowest BCUT2D eigenvalue weighted by Crippen LogP contribution is -2.27. The van der Waals surface area contributed by atoms with Gasteiger partial charge in [-0.2, -0.15) is 0 Å². The van der Waals surface area contributed by atoms with Crippen molar-refractivity contribution in [2.45, 2.75) is 38.1 Å². The van der Waals surface area contributed by atoms with Gasteiger partial charge in [0.15, 0.2) is 0 Å². The third-order valence-corrected chi connectivity index (χ3v) is 5.20. The monoisotopic (exact) mass is 324 g/mol. The number of carbonyl (C=O) groups excluding carboxylic acids is 1. The number of carbonyl (C=O) groups is 1. The first-order valence-electron chi connectivity index (χ1n) is 7.20. The maximum Gasteiger partial charge on any atom is 0.247 e. The lowest BCUT2D eigenvalue weighted by molar-refractivity contribution is -0.118.